The number of ether oxygens (including phenoxy) is 1. The van der Waals surface area contributed by atoms with Crippen LogP contribution in [-0.4, -0.2) is 59.5 Å². The predicted octanol–water partition coefficient (Wildman–Crippen LogP) is 1.28. The molecular formula is C15H27IN6O. The van der Waals surface area contributed by atoms with Gasteiger partial charge in [-0.1, -0.05) is 0 Å². The molecule has 0 aromatic carbocycles. The molecule has 2 aliphatic heterocycles. The van der Waals surface area contributed by atoms with E-state index in [1.807, 2.05) is 7.05 Å². The topological polar surface area (TPSA) is 67.6 Å². The SMILES string of the molecule is CN=C(NCc1nnc2n1CCCC2)N(C)CC1CCOC1.I. The molecule has 1 aromatic rings. The Morgan fingerprint density at radius 1 is 1.43 bits per heavy atom. The number of aromatic nitrogens is 3. The standard InChI is InChI=1S/C15H26N6O.HI/c1-16-15(20(2)10-12-6-8-22-11-12)17-9-14-19-18-13-5-3-4-7-21(13)14;/h12H,3-11H2,1-2H3,(H,16,17);1H. The highest BCUT2D eigenvalue weighted by Gasteiger charge is 2.20. The molecule has 1 atom stereocenters. The second kappa shape index (κ2) is 8.81. The van der Waals surface area contributed by atoms with E-state index in [1.165, 1.54) is 12.8 Å². The fraction of sp³-hybridized carbons (Fsp3) is 0.800. The number of hydrogen-bond acceptors (Lipinski definition) is 4. The van der Waals surface area contributed by atoms with Gasteiger partial charge in [-0.2, -0.15) is 0 Å². The summed E-state index contributed by atoms with van der Waals surface area (Å²) in [5, 5.41) is 12.0. The minimum atomic E-state index is 0. The van der Waals surface area contributed by atoms with Crippen LogP contribution in [0.5, 0.6) is 0 Å². The van der Waals surface area contributed by atoms with Crippen molar-refractivity contribution >= 4 is 29.9 Å². The molecule has 0 saturated carbocycles. The van der Waals surface area contributed by atoms with E-state index in [-0.39, 0.29) is 24.0 Å². The van der Waals surface area contributed by atoms with Gasteiger partial charge >= 0.3 is 0 Å². The smallest absolute Gasteiger partial charge is 0.193 e. The van der Waals surface area contributed by atoms with E-state index in [4.69, 9.17) is 4.74 Å². The Bertz CT molecular complexity index is 526. The molecular weight excluding hydrogens is 407 g/mol. The van der Waals surface area contributed by atoms with Crippen LogP contribution >= 0.6 is 24.0 Å². The lowest BCUT2D eigenvalue weighted by molar-refractivity contribution is 0.181. The summed E-state index contributed by atoms with van der Waals surface area (Å²) in [6.07, 6.45) is 4.62. The van der Waals surface area contributed by atoms with Gasteiger partial charge in [0.05, 0.1) is 13.2 Å². The van der Waals surface area contributed by atoms with Crippen LogP contribution in [0.25, 0.3) is 0 Å². The molecule has 130 valence electrons. The van der Waals surface area contributed by atoms with E-state index in [0.29, 0.717) is 12.5 Å². The molecule has 23 heavy (non-hydrogen) atoms. The number of guanidine groups is 1. The minimum Gasteiger partial charge on any atom is -0.381 e. The second-order valence-corrected chi connectivity index (χ2v) is 6.15. The largest absolute Gasteiger partial charge is 0.381 e. The van der Waals surface area contributed by atoms with Gasteiger partial charge in [-0.3, -0.25) is 4.99 Å². The highest BCUT2D eigenvalue weighted by Crippen LogP contribution is 2.15. The predicted molar refractivity (Wildman–Crippen MR) is 100 cm³/mol. The molecule has 0 aliphatic carbocycles. The Kier molecular flexibility index (Phi) is 7.07. The first-order chi connectivity index (χ1) is 10.8. The molecule has 1 unspecified atom stereocenters. The van der Waals surface area contributed by atoms with Gasteiger partial charge in [0, 0.05) is 46.1 Å². The Morgan fingerprint density at radius 3 is 3.04 bits per heavy atom. The fourth-order valence-corrected chi connectivity index (χ4v) is 3.24. The summed E-state index contributed by atoms with van der Waals surface area (Å²) in [6, 6.07) is 0. The molecule has 1 fully saturated rings. The number of aryl methyl sites for hydroxylation is 1. The summed E-state index contributed by atoms with van der Waals surface area (Å²) in [5.41, 5.74) is 0. The number of aliphatic imine (C=N–C) groups is 1. The van der Waals surface area contributed by atoms with E-state index in [0.717, 1.165) is 56.8 Å². The fourth-order valence-electron chi connectivity index (χ4n) is 3.24. The van der Waals surface area contributed by atoms with Gasteiger partial charge in [0.25, 0.3) is 0 Å². The number of nitrogens with one attached hydrogen (secondary N) is 1. The third-order valence-corrected chi connectivity index (χ3v) is 4.47. The highest BCUT2D eigenvalue weighted by molar-refractivity contribution is 14.0. The van der Waals surface area contributed by atoms with Crippen LogP contribution in [0.1, 0.15) is 30.9 Å². The molecule has 8 heteroatoms. The van der Waals surface area contributed by atoms with E-state index >= 15 is 0 Å². The maximum atomic E-state index is 5.44. The third-order valence-electron chi connectivity index (χ3n) is 4.47. The molecule has 1 N–H and O–H groups in total. The van der Waals surface area contributed by atoms with Crippen LogP contribution in [0.15, 0.2) is 4.99 Å². The highest BCUT2D eigenvalue weighted by atomic mass is 127. The summed E-state index contributed by atoms with van der Waals surface area (Å²) >= 11 is 0. The Morgan fingerprint density at radius 2 is 2.30 bits per heavy atom. The van der Waals surface area contributed by atoms with Gasteiger partial charge in [-0.25, -0.2) is 0 Å². The number of rotatable bonds is 4. The number of nitrogens with zero attached hydrogens (tertiary/aromatic N) is 5. The van der Waals surface area contributed by atoms with E-state index in [1.54, 1.807) is 0 Å². The Balaban J connectivity index is 0.00000192. The van der Waals surface area contributed by atoms with Crippen molar-refractivity contribution in [3.8, 4) is 0 Å². The third kappa shape index (κ3) is 4.56. The zero-order chi connectivity index (χ0) is 15.4. The van der Waals surface area contributed by atoms with Crippen molar-refractivity contribution in [1.29, 1.82) is 0 Å². The van der Waals surface area contributed by atoms with E-state index in [2.05, 4.69) is 37.0 Å². The van der Waals surface area contributed by atoms with Crippen LogP contribution in [0.4, 0.5) is 0 Å². The van der Waals surface area contributed by atoms with Crippen LogP contribution in [-0.2, 0) is 24.2 Å². The first-order valence-corrected chi connectivity index (χ1v) is 8.18. The van der Waals surface area contributed by atoms with Crippen molar-refractivity contribution in [1.82, 2.24) is 25.0 Å². The van der Waals surface area contributed by atoms with Crippen LogP contribution in [0.2, 0.25) is 0 Å². The first kappa shape index (κ1) is 18.4. The minimum absolute atomic E-state index is 0. The number of fused-ring (bicyclic) bond motifs is 1. The van der Waals surface area contributed by atoms with Gasteiger partial charge in [0.2, 0.25) is 0 Å². The summed E-state index contributed by atoms with van der Waals surface area (Å²) in [7, 11) is 3.90. The normalized spacial score (nSPS) is 20.8. The molecule has 0 amide bonds. The molecule has 1 aromatic heterocycles. The Hall–Kier alpha value is -0.900. The quantitative estimate of drug-likeness (QED) is 0.440. The van der Waals surface area contributed by atoms with Gasteiger partial charge in [-0.15, -0.1) is 34.2 Å². The lowest BCUT2D eigenvalue weighted by atomic mass is 10.1. The summed E-state index contributed by atoms with van der Waals surface area (Å²) in [5.74, 6) is 3.63. The average molecular weight is 434 g/mol. The molecule has 1 saturated heterocycles. The van der Waals surface area contributed by atoms with Gasteiger partial charge in [-0.05, 0) is 19.3 Å². The van der Waals surface area contributed by atoms with Gasteiger partial charge in [0.15, 0.2) is 11.8 Å². The van der Waals surface area contributed by atoms with Crippen molar-refractivity contribution in [2.45, 2.75) is 38.8 Å². The molecule has 0 bridgehead atoms. The zero-order valence-corrected chi connectivity index (χ0v) is 16.3. The molecule has 0 spiro atoms. The zero-order valence-electron chi connectivity index (χ0n) is 14.0. The maximum Gasteiger partial charge on any atom is 0.193 e. The lowest BCUT2D eigenvalue weighted by Crippen LogP contribution is -2.41. The lowest BCUT2D eigenvalue weighted by Gasteiger charge is -2.24. The molecule has 3 rings (SSSR count). The van der Waals surface area contributed by atoms with Crippen molar-refractivity contribution in [2.75, 3.05) is 33.9 Å². The van der Waals surface area contributed by atoms with Crippen LogP contribution in [0, 0.1) is 5.92 Å². The maximum absolute atomic E-state index is 5.44. The summed E-state index contributed by atoms with van der Waals surface area (Å²) in [4.78, 5) is 6.55. The van der Waals surface area contributed by atoms with Gasteiger partial charge < -0.3 is 19.5 Å². The van der Waals surface area contributed by atoms with E-state index in [9.17, 15) is 0 Å². The molecule has 3 heterocycles. The van der Waals surface area contributed by atoms with Crippen molar-refractivity contribution in [3.63, 3.8) is 0 Å². The number of hydrogen-bond donors (Lipinski definition) is 1. The number of halogens is 1. The van der Waals surface area contributed by atoms with Crippen LogP contribution < -0.4 is 5.32 Å². The average Bonchev–Trinajstić information content (AvgIpc) is 3.18. The summed E-state index contributed by atoms with van der Waals surface area (Å²) < 4.78 is 7.69. The van der Waals surface area contributed by atoms with E-state index < -0.39 is 0 Å². The van der Waals surface area contributed by atoms with Crippen molar-refractivity contribution < 1.29 is 4.74 Å². The monoisotopic (exact) mass is 434 g/mol. The molecule has 7 nitrogen and oxygen atoms in total. The molecule has 0 radical (unpaired) electrons. The van der Waals surface area contributed by atoms with Crippen LogP contribution in [0.3, 0.4) is 0 Å². The van der Waals surface area contributed by atoms with Gasteiger partial charge in [0.1, 0.15) is 5.82 Å². The van der Waals surface area contributed by atoms with Crippen molar-refractivity contribution in [2.24, 2.45) is 10.9 Å². The Labute approximate surface area is 154 Å². The summed E-state index contributed by atoms with van der Waals surface area (Å²) in [6.45, 7) is 4.42. The first-order valence-electron chi connectivity index (χ1n) is 8.18. The van der Waals surface area contributed by atoms with Crippen molar-refractivity contribution in [3.05, 3.63) is 11.6 Å². The molecule has 2 aliphatic rings. The second-order valence-electron chi connectivity index (χ2n) is 6.15.